The topological polar surface area (TPSA) is 43.8 Å². The van der Waals surface area contributed by atoms with E-state index in [1.54, 1.807) is 0 Å². The first-order valence-electron chi connectivity index (χ1n) is 6.24. The first kappa shape index (κ1) is 14.5. The second kappa shape index (κ2) is 5.40. The largest absolute Gasteiger partial charge is 0.328 e. The van der Waals surface area contributed by atoms with Gasteiger partial charge in [-0.05, 0) is 39.0 Å². The molecule has 17 heavy (non-hydrogen) atoms. The fourth-order valence-electron chi connectivity index (χ4n) is 2.43. The van der Waals surface area contributed by atoms with Crippen LogP contribution in [0.2, 0.25) is 5.02 Å². The Kier molecular flexibility index (Phi) is 4.62. The zero-order valence-corrected chi connectivity index (χ0v) is 12.3. The monoisotopic (exact) mass is 257 g/mol. The molecule has 0 fully saturated rings. The molecule has 0 saturated heterocycles. The highest BCUT2D eigenvalue weighted by Gasteiger charge is 2.24. The molecule has 0 saturated carbocycles. The normalized spacial score (nSPS) is 14.1. The molecule has 1 heterocycles. The fraction of sp³-hybridized carbons (Fsp3) is 0.769. The van der Waals surface area contributed by atoms with Crippen molar-refractivity contribution in [2.45, 2.75) is 60.0 Å². The minimum Gasteiger partial charge on any atom is -0.328 e. The van der Waals surface area contributed by atoms with Crippen LogP contribution in [-0.2, 0) is 13.0 Å². The van der Waals surface area contributed by atoms with E-state index >= 15 is 0 Å². The Morgan fingerprint density at radius 2 is 2.06 bits per heavy atom. The summed E-state index contributed by atoms with van der Waals surface area (Å²) in [7, 11) is 0. The first-order chi connectivity index (χ1) is 7.76. The number of hydrogen-bond acceptors (Lipinski definition) is 2. The third kappa shape index (κ3) is 3.71. The lowest BCUT2D eigenvalue weighted by Gasteiger charge is -2.27. The third-order valence-electron chi connectivity index (χ3n) is 2.97. The standard InChI is InChI=1S/C13H24ClN3/c1-6-17-11(12(14)10(3)16-17)8-13(4,5)7-9(2)15/h9H,6-8,15H2,1-5H3. The van der Waals surface area contributed by atoms with Gasteiger partial charge in [-0.2, -0.15) is 5.10 Å². The lowest BCUT2D eigenvalue weighted by atomic mass is 9.82. The SMILES string of the molecule is CCn1nc(C)c(Cl)c1CC(C)(C)CC(C)N. The first-order valence-corrected chi connectivity index (χ1v) is 6.62. The van der Waals surface area contributed by atoms with E-state index < -0.39 is 0 Å². The summed E-state index contributed by atoms with van der Waals surface area (Å²) < 4.78 is 2.00. The van der Waals surface area contributed by atoms with Crippen LogP contribution < -0.4 is 5.73 Å². The molecule has 0 bridgehead atoms. The highest BCUT2D eigenvalue weighted by molar-refractivity contribution is 6.31. The number of aryl methyl sites for hydroxylation is 2. The van der Waals surface area contributed by atoms with Crippen LogP contribution in [0, 0.1) is 12.3 Å². The molecular formula is C13H24ClN3. The van der Waals surface area contributed by atoms with Crippen molar-refractivity contribution in [1.82, 2.24) is 9.78 Å². The number of aromatic nitrogens is 2. The van der Waals surface area contributed by atoms with Gasteiger partial charge in [0.05, 0.1) is 16.4 Å². The Morgan fingerprint density at radius 1 is 1.47 bits per heavy atom. The summed E-state index contributed by atoms with van der Waals surface area (Å²) in [5, 5.41) is 5.26. The summed E-state index contributed by atoms with van der Waals surface area (Å²) in [6, 6.07) is 0.211. The maximum Gasteiger partial charge on any atom is 0.0847 e. The number of nitrogens with zero attached hydrogens (tertiary/aromatic N) is 2. The minimum atomic E-state index is 0.150. The van der Waals surface area contributed by atoms with Crippen LogP contribution in [0.25, 0.3) is 0 Å². The Bertz CT molecular complexity index is 380. The number of halogens is 1. The Labute approximate surface area is 109 Å². The summed E-state index contributed by atoms with van der Waals surface area (Å²) in [6.45, 7) is 11.4. The van der Waals surface area contributed by atoms with Gasteiger partial charge in [-0.3, -0.25) is 4.68 Å². The summed E-state index contributed by atoms with van der Waals surface area (Å²) in [6.07, 6.45) is 1.90. The molecule has 98 valence electrons. The second-order valence-electron chi connectivity index (χ2n) is 5.68. The molecule has 1 aromatic heterocycles. The average molecular weight is 258 g/mol. The molecule has 0 aliphatic heterocycles. The highest BCUT2D eigenvalue weighted by Crippen LogP contribution is 2.31. The smallest absolute Gasteiger partial charge is 0.0847 e. The van der Waals surface area contributed by atoms with E-state index in [4.69, 9.17) is 17.3 Å². The maximum atomic E-state index is 6.32. The van der Waals surface area contributed by atoms with Gasteiger partial charge >= 0.3 is 0 Å². The van der Waals surface area contributed by atoms with Crippen molar-refractivity contribution in [2.75, 3.05) is 0 Å². The van der Waals surface area contributed by atoms with E-state index in [0.29, 0.717) is 0 Å². The molecule has 0 aromatic carbocycles. The summed E-state index contributed by atoms with van der Waals surface area (Å²) in [4.78, 5) is 0. The van der Waals surface area contributed by atoms with Crippen LogP contribution in [0.5, 0.6) is 0 Å². The van der Waals surface area contributed by atoms with E-state index in [1.807, 2.05) is 18.5 Å². The number of rotatable bonds is 5. The summed E-state index contributed by atoms with van der Waals surface area (Å²) in [5.41, 5.74) is 8.09. The maximum absolute atomic E-state index is 6.32. The molecule has 0 aliphatic carbocycles. The van der Waals surface area contributed by atoms with Crippen molar-refractivity contribution in [3.8, 4) is 0 Å². The van der Waals surface area contributed by atoms with Gasteiger partial charge in [-0.15, -0.1) is 0 Å². The molecule has 1 unspecified atom stereocenters. The zero-order chi connectivity index (χ0) is 13.2. The molecular weight excluding hydrogens is 234 g/mol. The fourth-order valence-corrected chi connectivity index (χ4v) is 2.64. The minimum absolute atomic E-state index is 0.150. The summed E-state index contributed by atoms with van der Waals surface area (Å²) in [5.74, 6) is 0. The molecule has 1 aromatic rings. The molecule has 1 rings (SSSR count). The zero-order valence-electron chi connectivity index (χ0n) is 11.5. The average Bonchev–Trinajstić information content (AvgIpc) is 2.43. The van der Waals surface area contributed by atoms with Crippen LogP contribution in [0.15, 0.2) is 0 Å². The van der Waals surface area contributed by atoms with E-state index in [1.165, 1.54) is 0 Å². The van der Waals surface area contributed by atoms with E-state index in [0.717, 1.165) is 35.8 Å². The molecule has 0 amide bonds. The van der Waals surface area contributed by atoms with Crippen molar-refractivity contribution in [2.24, 2.45) is 11.1 Å². The number of nitrogens with two attached hydrogens (primary N) is 1. The molecule has 0 spiro atoms. The number of hydrogen-bond donors (Lipinski definition) is 1. The lowest BCUT2D eigenvalue weighted by Crippen LogP contribution is -2.27. The van der Waals surface area contributed by atoms with E-state index in [9.17, 15) is 0 Å². The molecule has 2 N–H and O–H groups in total. The van der Waals surface area contributed by atoms with Gasteiger partial charge in [0.15, 0.2) is 0 Å². The van der Waals surface area contributed by atoms with Crippen molar-refractivity contribution in [3.05, 3.63) is 16.4 Å². The predicted octanol–water partition coefficient (Wildman–Crippen LogP) is 3.17. The van der Waals surface area contributed by atoms with E-state index in [2.05, 4.69) is 25.9 Å². The van der Waals surface area contributed by atoms with Gasteiger partial charge in [0.25, 0.3) is 0 Å². The molecule has 4 heteroatoms. The Morgan fingerprint density at radius 3 is 2.53 bits per heavy atom. The van der Waals surface area contributed by atoms with Crippen molar-refractivity contribution in [1.29, 1.82) is 0 Å². The second-order valence-corrected chi connectivity index (χ2v) is 6.06. The van der Waals surface area contributed by atoms with Crippen LogP contribution in [-0.4, -0.2) is 15.8 Å². The van der Waals surface area contributed by atoms with E-state index in [-0.39, 0.29) is 11.5 Å². The van der Waals surface area contributed by atoms with Gasteiger partial charge < -0.3 is 5.73 Å². The van der Waals surface area contributed by atoms with Gasteiger partial charge in [0.2, 0.25) is 0 Å². The lowest BCUT2D eigenvalue weighted by molar-refractivity contribution is 0.301. The quantitative estimate of drug-likeness (QED) is 0.881. The van der Waals surface area contributed by atoms with Crippen LogP contribution in [0.1, 0.15) is 45.5 Å². The van der Waals surface area contributed by atoms with Crippen molar-refractivity contribution < 1.29 is 0 Å². The van der Waals surface area contributed by atoms with Crippen LogP contribution in [0.3, 0.4) is 0 Å². The summed E-state index contributed by atoms with van der Waals surface area (Å²) >= 11 is 6.32. The molecule has 1 atom stereocenters. The van der Waals surface area contributed by atoms with Crippen LogP contribution in [0.4, 0.5) is 0 Å². The van der Waals surface area contributed by atoms with Gasteiger partial charge in [0.1, 0.15) is 0 Å². The Hall–Kier alpha value is -0.540. The van der Waals surface area contributed by atoms with Gasteiger partial charge in [-0.25, -0.2) is 0 Å². The van der Waals surface area contributed by atoms with Crippen molar-refractivity contribution >= 4 is 11.6 Å². The van der Waals surface area contributed by atoms with Crippen molar-refractivity contribution in [3.63, 3.8) is 0 Å². The molecule has 0 radical (unpaired) electrons. The third-order valence-corrected chi connectivity index (χ3v) is 3.47. The molecule has 3 nitrogen and oxygen atoms in total. The Balaban J connectivity index is 2.94. The predicted molar refractivity (Wildman–Crippen MR) is 73.4 cm³/mol. The highest BCUT2D eigenvalue weighted by atomic mass is 35.5. The van der Waals surface area contributed by atoms with Gasteiger partial charge in [0, 0.05) is 12.6 Å². The van der Waals surface area contributed by atoms with Gasteiger partial charge in [-0.1, -0.05) is 25.4 Å². The molecule has 0 aliphatic rings. The van der Waals surface area contributed by atoms with Crippen LogP contribution >= 0.6 is 11.6 Å².